The fourth-order valence-corrected chi connectivity index (χ4v) is 3.43. The van der Waals surface area contributed by atoms with Gasteiger partial charge in [0.2, 0.25) is 0 Å². The van der Waals surface area contributed by atoms with E-state index >= 15 is 0 Å². The maximum atomic E-state index is 6.11. The van der Waals surface area contributed by atoms with E-state index in [2.05, 4.69) is 32.1 Å². The topological polar surface area (TPSA) is 24.5 Å². The van der Waals surface area contributed by atoms with Gasteiger partial charge < -0.3 is 10.1 Å². The van der Waals surface area contributed by atoms with Crippen LogP contribution in [0.5, 0.6) is 5.75 Å². The van der Waals surface area contributed by atoms with E-state index in [-0.39, 0.29) is 0 Å². The van der Waals surface area contributed by atoms with Gasteiger partial charge >= 0.3 is 0 Å². The molecule has 1 aliphatic heterocycles. The number of anilines is 1. The quantitative estimate of drug-likeness (QED) is 0.833. The Hall–Kier alpha value is -0.890. The molecule has 3 nitrogen and oxygen atoms in total. The van der Waals surface area contributed by atoms with E-state index < -0.39 is 0 Å². The van der Waals surface area contributed by atoms with Crippen LogP contribution in [0.15, 0.2) is 16.6 Å². The van der Waals surface area contributed by atoms with E-state index in [1.807, 2.05) is 12.1 Å². The van der Waals surface area contributed by atoms with Crippen LogP contribution in [0.3, 0.4) is 0 Å². The summed E-state index contributed by atoms with van der Waals surface area (Å²) in [4.78, 5) is 2.29. The third-order valence-electron chi connectivity index (χ3n) is 3.47. The number of methoxy groups -OCH3 is 1. The first-order valence-electron chi connectivity index (χ1n) is 6.59. The Morgan fingerprint density at radius 3 is 2.80 bits per heavy atom. The summed E-state index contributed by atoms with van der Waals surface area (Å²) in [7, 11) is 1.66. The number of nitrogens with one attached hydrogen (secondary N) is 1. The summed E-state index contributed by atoms with van der Waals surface area (Å²) in [6.07, 6.45) is 7.47. The monoisotopic (exact) mass is 356 g/mol. The van der Waals surface area contributed by atoms with Crippen molar-refractivity contribution in [1.29, 1.82) is 0 Å². The molecule has 1 heterocycles. The molecule has 2 rings (SSSR count). The van der Waals surface area contributed by atoms with Gasteiger partial charge in [-0.3, -0.25) is 4.90 Å². The molecule has 0 spiro atoms. The van der Waals surface area contributed by atoms with Gasteiger partial charge in [0.15, 0.2) is 5.75 Å². The molecule has 1 fully saturated rings. The highest BCUT2D eigenvalue weighted by molar-refractivity contribution is 9.10. The molecule has 0 bridgehead atoms. The summed E-state index contributed by atoms with van der Waals surface area (Å²) < 4.78 is 6.29. The van der Waals surface area contributed by atoms with Crippen molar-refractivity contribution >= 4 is 33.2 Å². The normalized spacial score (nSPS) is 16.7. The first-order chi connectivity index (χ1) is 9.63. The van der Waals surface area contributed by atoms with Gasteiger partial charge in [0, 0.05) is 24.2 Å². The van der Waals surface area contributed by atoms with Crippen molar-refractivity contribution in [2.75, 3.05) is 32.1 Å². The molecule has 5 heteroatoms. The van der Waals surface area contributed by atoms with Crippen LogP contribution in [-0.2, 0) is 0 Å². The summed E-state index contributed by atoms with van der Waals surface area (Å²) in [5, 5.41) is 4.21. The Balaban J connectivity index is 2.03. The minimum atomic E-state index is 0.420. The van der Waals surface area contributed by atoms with Gasteiger partial charge in [-0.1, -0.05) is 17.5 Å². The minimum absolute atomic E-state index is 0.420. The van der Waals surface area contributed by atoms with E-state index in [0.717, 1.165) is 48.4 Å². The van der Waals surface area contributed by atoms with Crippen molar-refractivity contribution in [2.45, 2.75) is 18.9 Å². The summed E-state index contributed by atoms with van der Waals surface area (Å²) >= 11 is 9.58. The molecule has 1 saturated heterocycles. The molecule has 0 atom stereocenters. The average Bonchev–Trinajstić information content (AvgIpc) is 2.41. The highest BCUT2D eigenvalue weighted by Crippen LogP contribution is 2.37. The molecule has 20 heavy (non-hydrogen) atoms. The number of likely N-dealkylation sites (tertiary alicyclic amines) is 1. The number of hydrogen-bond acceptors (Lipinski definition) is 3. The number of terminal acetylenes is 1. The van der Waals surface area contributed by atoms with E-state index in [0.29, 0.717) is 11.1 Å². The molecule has 0 amide bonds. The predicted octanol–water partition coefficient (Wildman–Crippen LogP) is 3.62. The van der Waals surface area contributed by atoms with Gasteiger partial charge in [-0.25, -0.2) is 0 Å². The number of piperidine rings is 1. The lowest BCUT2D eigenvalue weighted by molar-refractivity contribution is 0.243. The molecular weight excluding hydrogens is 340 g/mol. The van der Waals surface area contributed by atoms with Crippen LogP contribution in [0.2, 0.25) is 5.02 Å². The largest absolute Gasteiger partial charge is 0.493 e. The third kappa shape index (κ3) is 3.82. The van der Waals surface area contributed by atoms with Crippen LogP contribution in [0.25, 0.3) is 0 Å². The molecule has 1 aromatic carbocycles. The van der Waals surface area contributed by atoms with Crippen molar-refractivity contribution < 1.29 is 4.74 Å². The van der Waals surface area contributed by atoms with Gasteiger partial charge in [-0.15, -0.1) is 6.42 Å². The lowest BCUT2D eigenvalue weighted by Gasteiger charge is -2.32. The lowest BCUT2D eigenvalue weighted by Crippen LogP contribution is -2.39. The number of rotatable bonds is 4. The van der Waals surface area contributed by atoms with Crippen LogP contribution in [0.1, 0.15) is 12.8 Å². The summed E-state index contributed by atoms with van der Waals surface area (Å²) in [6.45, 7) is 2.77. The number of benzene rings is 1. The molecule has 1 N–H and O–H groups in total. The second-order valence-electron chi connectivity index (χ2n) is 4.87. The standard InChI is InChI=1S/C15H18BrClN2O/c1-3-6-19-7-4-12(5-8-19)18-14-10-11(17)9-13(16)15(14)20-2/h1,9-10,12,18H,4-8H2,2H3. The Labute approximate surface area is 133 Å². The van der Waals surface area contributed by atoms with E-state index in [1.54, 1.807) is 7.11 Å². The maximum Gasteiger partial charge on any atom is 0.156 e. The molecule has 108 valence electrons. The molecular formula is C15H18BrClN2O. The van der Waals surface area contributed by atoms with E-state index in [9.17, 15) is 0 Å². The van der Waals surface area contributed by atoms with Crippen molar-refractivity contribution in [3.05, 3.63) is 21.6 Å². The van der Waals surface area contributed by atoms with Crippen LogP contribution in [0.4, 0.5) is 5.69 Å². The summed E-state index contributed by atoms with van der Waals surface area (Å²) in [5.74, 6) is 3.49. The first kappa shape index (κ1) is 15.5. The minimum Gasteiger partial charge on any atom is -0.493 e. The Morgan fingerprint density at radius 1 is 1.50 bits per heavy atom. The van der Waals surface area contributed by atoms with Crippen LogP contribution >= 0.6 is 27.5 Å². The van der Waals surface area contributed by atoms with Crippen LogP contribution in [0, 0.1) is 12.3 Å². The third-order valence-corrected chi connectivity index (χ3v) is 4.28. The van der Waals surface area contributed by atoms with Crippen molar-refractivity contribution in [3.63, 3.8) is 0 Å². The van der Waals surface area contributed by atoms with Crippen molar-refractivity contribution in [3.8, 4) is 18.1 Å². The smallest absolute Gasteiger partial charge is 0.156 e. The zero-order valence-corrected chi connectivity index (χ0v) is 13.8. The molecule has 0 aliphatic carbocycles. The van der Waals surface area contributed by atoms with Gasteiger partial charge in [-0.2, -0.15) is 0 Å². The number of ether oxygens (including phenoxy) is 1. The lowest BCUT2D eigenvalue weighted by atomic mass is 10.0. The SMILES string of the molecule is C#CCN1CCC(Nc2cc(Cl)cc(Br)c2OC)CC1. The fourth-order valence-electron chi connectivity index (χ4n) is 2.46. The van der Waals surface area contributed by atoms with Gasteiger partial charge in [-0.05, 0) is 40.9 Å². The van der Waals surface area contributed by atoms with Crippen molar-refractivity contribution in [2.24, 2.45) is 0 Å². The molecule has 0 aromatic heterocycles. The highest BCUT2D eigenvalue weighted by Gasteiger charge is 2.20. The van der Waals surface area contributed by atoms with Gasteiger partial charge in [0.25, 0.3) is 0 Å². The average molecular weight is 358 g/mol. The van der Waals surface area contributed by atoms with E-state index in [1.165, 1.54) is 0 Å². The Kier molecular flexibility index (Phi) is 5.59. The van der Waals surface area contributed by atoms with E-state index in [4.69, 9.17) is 22.8 Å². The maximum absolute atomic E-state index is 6.11. The first-order valence-corrected chi connectivity index (χ1v) is 7.76. The number of hydrogen-bond donors (Lipinski definition) is 1. The second-order valence-corrected chi connectivity index (χ2v) is 6.16. The summed E-state index contributed by atoms with van der Waals surface area (Å²) in [5.41, 5.74) is 0.933. The fraction of sp³-hybridized carbons (Fsp3) is 0.467. The zero-order valence-electron chi connectivity index (χ0n) is 11.5. The van der Waals surface area contributed by atoms with Crippen LogP contribution < -0.4 is 10.1 Å². The van der Waals surface area contributed by atoms with Crippen LogP contribution in [-0.4, -0.2) is 37.7 Å². The number of nitrogens with zero attached hydrogens (tertiary/aromatic N) is 1. The van der Waals surface area contributed by atoms with Gasteiger partial charge in [0.05, 0.1) is 23.8 Å². The molecule has 1 aromatic rings. The predicted molar refractivity (Wildman–Crippen MR) is 87.6 cm³/mol. The zero-order chi connectivity index (χ0) is 14.5. The second kappa shape index (κ2) is 7.21. The Morgan fingerprint density at radius 2 is 2.20 bits per heavy atom. The molecule has 0 saturated carbocycles. The highest BCUT2D eigenvalue weighted by atomic mass is 79.9. The van der Waals surface area contributed by atoms with Gasteiger partial charge in [0.1, 0.15) is 0 Å². The number of halogens is 2. The van der Waals surface area contributed by atoms with Crippen molar-refractivity contribution in [1.82, 2.24) is 4.90 Å². The Bertz CT molecular complexity index is 507. The molecule has 0 radical (unpaired) electrons. The molecule has 0 unspecified atom stereocenters. The molecule has 1 aliphatic rings. The summed E-state index contributed by atoms with van der Waals surface area (Å²) in [6, 6.07) is 4.16.